The number of carboxylic acid groups (broad SMARTS) is 1. The van der Waals surface area contributed by atoms with Gasteiger partial charge in [-0.25, -0.2) is 10.2 Å². The zero-order chi connectivity index (χ0) is 21.4. The minimum absolute atomic E-state index is 0.168. The van der Waals surface area contributed by atoms with Crippen molar-refractivity contribution in [3.63, 3.8) is 0 Å². The first-order valence-corrected chi connectivity index (χ1v) is 9.09. The van der Waals surface area contributed by atoms with Crippen molar-refractivity contribution in [1.82, 2.24) is 16.2 Å². The van der Waals surface area contributed by atoms with E-state index < -0.39 is 23.9 Å². The molecule has 0 aliphatic carbocycles. The van der Waals surface area contributed by atoms with Crippen LogP contribution < -0.4 is 27.2 Å². The van der Waals surface area contributed by atoms with Crippen molar-refractivity contribution in [3.8, 4) is 0 Å². The summed E-state index contributed by atoms with van der Waals surface area (Å²) in [6.07, 6.45) is -0.283. The fourth-order valence-electron chi connectivity index (χ4n) is 2.37. The van der Waals surface area contributed by atoms with Crippen molar-refractivity contribution in [1.29, 1.82) is 5.41 Å². The molecule has 10 nitrogen and oxygen atoms in total. The molecule has 8 N–H and O–H groups in total. The quantitative estimate of drug-likeness (QED) is 0.187. The molecule has 0 aliphatic rings. The molecule has 0 spiro atoms. The Balaban J connectivity index is 1.97. The molecule has 2 rings (SSSR count). The number of hydrogen-bond acceptors (Lipinski definition) is 5. The first-order chi connectivity index (χ1) is 13.7. The predicted molar refractivity (Wildman–Crippen MR) is 110 cm³/mol. The third-order valence-corrected chi connectivity index (χ3v) is 4.17. The lowest BCUT2D eigenvalue weighted by atomic mass is 10.0. The number of guanidine groups is 1. The van der Waals surface area contributed by atoms with Crippen LogP contribution in [0.4, 0.5) is 10.5 Å². The van der Waals surface area contributed by atoms with Crippen LogP contribution in [0, 0.1) is 5.41 Å². The number of carbonyl (C=O) groups excluding carboxylic acids is 2. The smallest absolute Gasteiger partial charge is 0.336 e. The summed E-state index contributed by atoms with van der Waals surface area (Å²) in [5, 5.41) is 21.0. The highest BCUT2D eigenvalue weighted by Gasteiger charge is 2.17. The number of hydrogen-bond donors (Lipinski definition) is 7. The molecule has 0 heterocycles. The fourth-order valence-corrected chi connectivity index (χ4v) is 2.64. The number of halogens is 1. The van der Waals surface area contributed by atoms with Crippen LogP contribution in [-0.4, -0.2) is 29.0 Å². The predicted octanol–water partition coefficient (Wildman–Crippen LogP) is 1.91. The molecule has 0 saturated heterocycles. The van der Waals surface area contributed by atoms with E-state index in [9.17, 15) is 14.4 Å². The van der Waals surface area contributed by atoms with E-state index in [4.69, 9.17) is 16.2 Å². The second-order valence-electron chi connectivity index (χ2n) is 5.87. The molecule has 29 heavy (non-hydrogen) atoms. The largest absolute Gasteiger partial charge is 0.481 e. The molecule has 0 radical (unpaired) electrons. The Morgan fingerprint density at radius 3 is 2.45 bits per heavy atom. The Kier molecular flexibility index (Phi) is 7.69. The number of anilines is 1. The number of imide groups is 1. The first kappa shape index (κ1) is 21.9. The highest BCUT2D eigenvalue weighted by Crippen LogP contribution is 2.19. The van der Waals surface area contributed by atoms with E-state index >= 15 is 0 Å². The maximum atomic E-state index is 12.2. The molecule has 11 heteroatoms. The van der Waals surface area contributed by atoms with E-state index in [1.165, 1.54) is 12.1 Å². The van der Waals surface area contributed by atoms with Gasteiger partial charge in [-0.2, -0.15) is 0 Å². The molecule has 2 aromatic rings. The maximum absolute atomic E-state index is 12.2. The molecule has 3 amide bonds. The lowest BCUT2D eigenvalue weighted by molar-refractivity contribution is -0.137. The van der Waals surface area contributed by atoms with Gasteiger partial charge in [0.1, 0.15) is 0 Å². The molecule has 0 aromatic heterocycles. The van der Waals surface area contributed by atoms with Gasteiger partial charge in [0.25, 0.3) is 5.91 Å². The number of rotatable bonds is 7. The Bertz CT molecular complexity index is 919. The maximum Gasteiger partial charge on any atom is 0.336 e. The summed E-state index contributed by atoms with van der Waals surface area (Å²) in [4.78, 5) is 35.4. The summed E-state index contributed by atoms with van der Waals surface area (Å²) in [6.45, 7) is 0. The summed E-state index contributed by atoms with van der Waals surface area (Å²) < 4.78 is 0.827. The van der Waals surface area contributed by atoms with Gasteiger partial charge in [-0.3, -0.25) is 25.7 Å². The molecule has 0 fully saturated rings. The van der Waals surface area contributed by atoms with E-state index in [0.717, 1.165) is 4.47 Å². The van der Waals surface area contributed by atoms with Crippen molar-refractivity contribution in [3.05, 3.63) is 64.1 Å². The average Bonchev–Trinajstić information content (AvgIpc) is 2.65. The normalized spacial score (nSPS) is 11.2. The number of aliphatic carboxylic acids is 1. The van der Waals surface area contributed by atoms with E-state index in [1.54, 1.807) is 36.4 Å². The van der Waals surface area contributed by atoms with Gasteiger partial charge < -0.3 is 16.2 Å². The van der Waals surface area contributed by atoms with Gasteiger partial charge in [0.2, 0.25) is 0 Å². The Morgan fingerprint density at radius 1 is 1.14 bits per heavy atom. The standard InChI is InChI=1S/C18H19BrN6O4/c19-12-6-4-10(5-7-12)14(9-15(26)27)24-25-18(29)23-16(28)11-2-1-3-13(8-11)22-17(20)21/h1-8,14,24H,9H2,(H,26,27)(H4,20,21,22)(H2,23,25,28,29). The number of nitrogens with two attached hydrogens (primary N) is 1. The van der Waals surface area contributed by atoms with Gasteiger partial charge in [-0.05, 0) is 35.9 Å². The zero-order valence-corrected chi connectivity index (χ0v) is 16.6. The SMILES string of the molecule is N=C(N)Nc1cccc(C(=O)NC(=O)NNC(CC(=O)O)c2ccc(Br)cc2)c1. The molecule has 1 unspecified atom stereocenters. The van der Waals surface area contributed by atoms with Gasteiger partial charge in [0.05, 0.1) is 12.5 Å². The van der Waals surface area contributed by atoms with Crippen LogP contribution in [-0.2, 0) is 4.79 Å². The lowest BCUT2D eigenvalue weighted by Crippen LogP contribution is -2.48. The highest BCUT2D eigenvalue weighted by molar-refractivity contribution is 9.10. The molecule has 1 atom stereocenters. The van der Waals surface area contributed by atoms with Crippen LogP contribution in [0.2, 0.25) is 0 Å². The van der Waals surface area contributed by atoms with E-state index in [2.05, 4.69) is 37.4 Å². The number of carbonyl (C=O) groups is 3. The third-order valence-electron chi connectivity index (χ3n) is 3.64. The van der Waals surface area contributed by atoms with Crippen molar-refractivity contribution in [2.24, 2.45) is 5.73 Å². The lowest BCUT2D eigenvalue weighted by Gasteiger charge is -2.18. The van der Waals surface area contributed by atoms with Crippen molar-refractivity contribution in [2.45, 2.75) is 12.5 Å². The van der Waals surface area contributed by atoms with Crippen molar-refractivity contribution in [2.75, 3.05) is 5.32 Å². The molecule has 152 valence electrons. The van der Waals surface area contributed by atoms with Crippen LogP contribution in [0.15, 0.2) is 53.0 Å². The average molecular weight is 463 g/mol. The van der Waals surface area contributed by atoms with Crippen molar-refractivity contribution < 1.29 is 19.5 Å². The summed E-state index contributed by atoms with van der Waals surface area (Å²) in [5.41, 5.74) is 11.4. The minimum Gasteiger partial charge on any atom is -0.481 e. The molecular formula is C18H19BrN6O4. The van der Waals surface area contributed by atoms with Gasteiger partial charge in [0.15, 0.2) is 5.96 Å². The molecule has 0 aliphatic heterocycles. The number of carboxylic acids is 1. The third kappa shape index (κ3) is 7.24. The zero-order valence-electron chi connectivity index (χ0n) is 15.0. The van der Waals surface area contributed by atoms with Crippen LogP contribution in [0.25, 0.3) is 0 Å². The van der Waals surface area contributed by atoms with Crippen molar-refractivity contribution >= 4 is 45.5 Å². The van der Waals surface area contributed by atoms with Gasteiger partial charge >= 0.3 is 12.0 Å². The second-order valence-corrected chi connectivity index (χ2v) is 6.79. The van der Waals surface area contributed by atoms with Gasteiger partial charge in [-0.15, -0.1) is 0 Å². The topological polar surface area (TPSA) is 169 Å². The monoisotopic (exact) mass is 462 g/mol. The number of amides is 3. The first-order valence-electron chi connectivity index (χ1n) is 8.30. The second kappa shape index (κ2) is 10.2. The minimum atomic E-state index is -1.06. The van der Waals surface area contributed by atoms with Crippen LogP contribution in [0.3, 0.4) is 0 Å². The van der Waals surface area contributed by atoms with E-state index in [1.807, 2.05) is 0 Å². The number of nitrogens with one attached hydrogen (secondary N) is 5. The van der Waals surface area contributed by atoms with Crippen LogP contribution >= 0.6 is 15.9 Å². The number of urea groups is 1. The molecule has 0 bridgehead atoms. The summed E-state index contributed by atoms with van der Waals surface area (Å²) in [6, 6.07) is 11.4. The number of hydrazine groups is 1. The van der Waals surface area contributed by atoms with E-state index in [0.29, 0.717) is 11.3 Å². The Morgan fingerprint density at radius 2 is 1.83 bits per heavy atom. The van der Waals surface area contributed by atoms with Crippen LogP contribution in [0.1, 0.15) is 28.4 Å². The Labute approximate surface area is 174 Å². The molecule has 0 saturated carbocycles. The molecular weight excluding hydrogens is 444 g/mol. The Hall–Kier alpha value is -3.44. The van der Waals surface area contributed by atoms with Gasteiger partial charge in [-0.1, -0.05) is 34.1 Å². The molecule has 2 aromatic carbocycles. The summed E-state index contributed by atoms with van der Waals surface area (Å²) in [7, 11) is 0. The summed E-state index contributed by atoms with van der Waals surface area (Å²) in [5.74, 6) is -2.03. The van der Waals surface area contributed by atoms with Gasteiger partial charge in [0, 0.05) is 15.7 Å². The number of benzene rings is 2. The van der Waals surface area contributed by atoms with Crippen LogP contribution in [0.5, 0.6) is 0 Å². The highest BCUT2D eigenvalue weighted by atomic mass is 79.9. The van der Waals surface area contributed by atoms with E-state index in [-0.39, 0.29) is 17.9 Å². The summed E-state index contributed by atoms with van der Waals surface area (Å²) >= 11 is 3.30. The fraction of sp³-hybridized carbons (Fsp3) is 0.111.